The van der Waals surface area contributed by atoms with Gasteiger partial charge in [0.25, 0.3) is 0 Å². The van der Waals surface area contributed by atoms with Crippen molar-refractivity contribution in [2.24, 2.45) is 11.8 Å². The molecule has 0 N–H and O–H groups in total. The average Bonchev–Trinajstić information content (AvgIpc) is 2.56. The van der Waals surface area contributed by atoms with Crippen LogP contribution in [0.15, 0.2) is 83.6 Å². The van der Waals surface area contributed by atoms with Crippen LogP contribution in [0.25, 0.3) is 0 Å². The number of hydrogen-bond acceptors (Lipinski definition) is 0. The van der Waals surface area contributed by atoms with Gasteiger partial charge in [0.05, 0.1) is 0 Å². The van der Waals surface area contributed by atoms with Crippen molar-refractivity contribution in [3.8, 4) is 0 Å². The molecule has 0 fully saturated rings. The van der Waals surface area contributed by atoms with Crippen LogP contribution in [-0.4, -0.2) is 0 Å². The second kappa shape index (κ2) is 10.8. The Morgan fingerprint density at radius 1 is 1.09 bits per heavy atom. The Balaban J connectivity index is 3.02. The molecule has 1 rings (SSSR count). The first-order chi connectivity index (χ1) is 11.1. The van der Waals surface area contributed by atoms with E-state index < -0.39 is 0 Å². The van der Waals surface area contributed by atoms with Crippen molar-refractivity contribution in [2.75, 3.05) is 0 Å². The third-order valence-electron chi connectivity index (χ3n) is 4.26. The molecule has 1 aliphatic rings. The van der Waals surface area contributed by atoms with Crippen LogP contribution in [-0.2, 0) is 0 Å². The van der Waals surface area contributed by atoms with E-state index in [0.717, 1.165) is 12.8 Å². The summed E-state index contributed by atoms with van der Waals surface area (Å²) in [5.74, 6) is 0.993. The maximum atomic E-state index is 2.34. The summed E-state index contributed by atoms with van der Waals surface area (Å²) in [6.45, 7) is 10.8. The first kappa shape index (κ1) is 19.2. The molecule has 0 radical (unpaired) electrons. The van der Waals surface area contributed by atoms with Crippen LogP contribution < -0.4 is 0 Å². The molecule has 0 aromatic carbocycles. The molecule has 2 unspecified atom stereocenters. The van der Waals surface area contributed by atoms with Gasteiger partial charge < -0.3 is 0 Å². The smallest absolute Gasteiger partial charge is 0.00545 e. The molecule has 0 amide bonds. The predicted molar refractivity (Wildman–Crippen MR) is 105 cm³/mol. The second-order valence-electron chi connectivity index (χ2n) is 6.20. The van der Waals surface area contributed by atoms with Gasteiger partial charge in [-0.25, -0.2) is 0 Å². The van der Waals surface area contributed by atoms with Gasteiger partial charge in [0, 0.05) is 11.8 Å². The minimum atomic E-state index is 0.442. The molecule has 0 aromatic heterocycles. The van der Waals surface area contributed by atoms with Gasteiger partial charge in [0.2, 0.25) is 0 Å². The summed E-state index contributed by atoms with van der Waals surface area (Å²) in [5, 5.41) is 0. The zero-order valence-corrected chi connectivity index (χ0v) is 15.4. The average molecular weight is 309 g/mol. The molecular weight excluding hydrogens is 276 g/mol. The van der Waals surface area contributed by atoms with Gasteiger partial charge in [0.1, 0.15) is 0 Å². The molecule has 0 saturated heterocycles. The SMILES string of the molecule is CC=CC=CC(=C(C)C)C(C=CC)CC(=CC)C1C=CC=CC1. The van der Waals surface area contributed by atoms with Crippen molar-refractivity contribution in [1.82, 2.24) is 0 Å². The van der Waals surface area contributed by atoms with Crippen LogP contribution in [0.1, 0.15) is 47.5 Å². The lowest BCUT2D eigenvalue weighted by atomic mass is 9.82. The first-order valence-electron chi connectivity index (χ1n) is 8.72. The van der Waals surface area contributed by atoms with Gasteiger partial charge in [-0.3, -0.25) is 0 Å². The fourth-order valence-corrected chi connectivity index (χ4v) is 3.04. The van der Waals surface area contributed by atoms with E-state index >= 15 is 0 Å². The normalized spacial score (nSPS) is 20.0. The molecule has 0 aliphatic heterocycles. The van der Waals surface area contributed by atoms with Crippen molar-refractivity contribution in [3.05, 3.63) is 83.6 Å². The Labute approximate surface area is 143 Å². The highest BCUT2D eigenvalue weighted by Gasteiger charge is 2.17. The van der Waals surface area contributed by atoms with Crippen molar-refractivity contribution in [3.63, 3.8) is 0 Å². The van der Waals surface area contributed by atoms with Crippen LogP contribution in [0.2, 0.25) is 0 Å². The zero-order valence-electron chi connectivity index (χ0n) is 15.4. The molecule has 0 heteroatoms. The molecule has 0 spiro atoms. The highest BCUT2D eigenvalue weighted by molar-refractivity contribution is 5.34. The van der Waals surface area contributed by atoms with E-state index in [-0.39, 0.29) is 0 Å². The topological polar surface area (TPSA) is 0 Å². The summed E-state index contributed by atoms with van der Waals surface area (Å²) in [4.78, 5) is 0. The molecule has 0 saturated carbocycles. The molecule has 0 aromatic rings. The first-order valence-corrected chi connectivity index (χ1v) is 8.72. The molecular formula is C23H32. The third-order valence-corrected chi connectivity index (χ3v) is 4.26. The van der Waals surface area contributed by atoms with Gasteiger partial charge >= 0.3 is 0 Å². The Hall–Kier alpha value is -1.82. The lowest BCUT2D eigenvalue weighted by molar-refractivity contribution is 0.652. The summed E-state index contributed by atoms with van der Waals surface area (Å²) in [6.07, 6.45) is 26.6. The zero-order chi connectivity index (χ0) is 17.1. The monoisotopic (exact) mass is 308 g/mol. The fourth-order valence-electron chi connectivity index (χ4n) is 3.04. The van der Waals surface area contributed by atoms with E-state index in [1.54, 1.807) is 0 Å². The van der Waals surface area contributed by atoms with E-state index in [9.17, 15) is 0 Å². The summed E-state index contributed by atoms with van der Waals surface area (Å²) in [6, 6.07) is 0. The fraction of sp³-hybridized carbons (Fsp3) is 0.391. The summed E-state index contributed by atoms with van der Waals surface area (Å²) in [7, 11) is 0. The van der Waals surface area contributed by atoms with Gasteiger partial charge in [-0.15, -0.1) is 0 Å². The van der Waals surface area contributed by atoms with Crippen molar-refractivity contribution in [2.45, 2.75) is 47.5 Å². The third kappa shape index (κ3) is 6.44. The second-order valence-corrected chi connectivity index (χ2v) is 6.20. The maximum Gasteiger partial charge on any atom is 0.00545 e. The summed E-state index contributed by atoms with van der Waals surface area (Å²) < 4.78 is 0. The molecule has 0 heterocycles. The van der Waals surface area contributed by atoms with E-state index in [1.807, 2.05) is 0 Å². The predicted octanol–water partition coefficient (Wildman–Crippen LogP) is 7.12. The van der Waals surface area contributed by atoms with Gasteiger partial charge in [0.15, 0.2) is 0 Å². The minimum absolute atomic E-state index is 0.442. The van der Waals surface area contributed by atoms with Gasteiger partial charge in [-0.1, -0.05) is 78.0 Å². The van der Waals surface area contributed by atoms with Crippen molar-refractivity contribution >= 4 is 0 Å². The quantitative estimate of drug-likeness (QED) is 0.347. The van der Waals surface area contributed by atoms with E-state index in [4.69, 9.17) is 0 Å². The maximum absolute atomic E-state index is 2.34. The number of rotatable bonds is 7. The van der Waals surface area contributed by atoms with Crippen LogP contribution in [0.3, 0.4) is 0 Å². The lowest BCUT2D eigenvalue weighted by Gasteiger charge is -2.23. The van der Waals surface area contributed by atoms with Crippen molar-refractivity contribution in [1.29, 1.82) is 0 Å². The largest absolute Gasteiger partial charge is 0.0910 e. The standard InChI is InChI=1S/C23H32/c1-6-9-11-17-23(19(4)5)22(14-7-2)18-20(8-3)21-15-12-10-13-16-21/h6-15,17,21-22H,16,18H2,1-5H3. The van der Waals surface area contributed by atoms with Crippen LogP contribution >= 0.6 is 0 Å². The Kier molecular flexibility index (Phi) is 9.05. The van der Waals surface area contributed by atoms with E-state index in [0.29, 0.717) is 11.8 Å². The Morgan fingerprint density at radius 3 is 2.39 bits per heavy atom. The Bertz CT molecular complexity index is 555. The lowest BCUT2D eigenvalue weighted by Crippen LogP contribution is -2.09. The number of hydrogen-bond donors (Lipinski definition) is 0. The van der Waals surface area contributed by atoms with Gasteiger partial charge in [-0.05, 0) is 53.0 Å². The highest BCUT2D eigenvalue weighted by atomic mass is 14.2. The number of allylic oxidation sites excluding steroid dienone is 14. The highest BCUT2D eigenvalue weighted by Crippen LogP contribution is 2.31. The van der Waals surface area contributed by atoms with E-state index in [2.05, 4.69) is 101 Å². The van der Waals surface area contributed by atoms with Crippen molar-refractivity contribution < 1.29 is 0 Å². The van der Waals surface area contributed by atoms with Crippen LogP contribution in [0.4, 0.5) is 0 Å². The molecule has 0 bridgehead atoms. The summed E-state index contributed by atoms with van der Waals surface area (Å²) in [5.41, 5.74) is 4.35. The molecule has 23 heavy (non-hydrogen) atoms. The summed E-state index contributed by atoms with van der Waals surface area (Å²) >= 11 is 0. The molecule has 2 atom stereocenters. The van der Waals surface area contributed by atoms with Gasteiger partial charge in [-0.2, -0.15) is 0 Å². The van der Waals surface area contributed by atoms with E-state index in [1.165, 1.54) is 16.7 Å². The molecule has 124 valence electrons. The van der Waals surface area contributed by atoms with Crippen LogP contribution in [0, 0.1) is 11.8 Å². The molecule has 0 nitrogen and oxygen atoms in total. The van der Waals surface area contributed by atoms with Crippen LogP contribution in [0.5, 0.6) is 0 Å². The minimum Gasteiger partial charge on any atom is -0.0910 e. The Morgan fingerprint density at radius 2 is 1.87 bits per heavy atom. The molecule has 1 aliphatic carbocycles.